The van der Waals surface area contributed by atoms with Crippen LogP contribution in [-0.2, 0) is 11.3 Å². The van der Waals surface area contributed by atoms with E-state index in [1.165, 1.54) is 43.0 Å². The second-order valence-electron chi connectivity index (χ2n) is 8.84. The summed E-state index contributed by atoms with van der Waals surface area (Å²) in [6, 6.07) is 14.2. The maximum atomic E-state index is 13.0. The Morgan fingerprint density at radius 2 is 1.75 bits per heavy atom. The summed E-state index contributed by atoms with van der Waals surface area (Å²) in [4.78, 5) is 19.2. The quantitative estimate of drug-likeness (QED) is 0.520. The molecule has 1 aliphatic heterocycles. The molecule has 1 amide bonds. The number of pyridine rings is 1. The van der Waals surface area contributed by atoms with Crippen LogP contribution in [0.4, 0.5) is 0 Å². The van der Waals surface area contributed by atoms with Crippen LogP contribution in [0.1, 0.15) is 37.7 Å². The van der Waals surface area contributed by atoms with Gasteiger partial charge < -0.3 is 4.90 Å². The van der Waals surface area contributed by atoms with Crippen LogP contribution in [0, 0.1) is 11.8 Å². The number of carbonyl (C=O) groups is 1. The number of carbonyl (C=O) groups excluding carboxylic acids is 1. The Balaban J connectivity index is 1.31. The number of hydrogen-bond acceptors (Lipinski definition) is 5. The van der Waals surface area contributed by atoms with Crippen LogP contribution in [0.15, 0.2) is 60.0 Å². The van der Waals surface area contributed by atoms with Crippen molar-refractivity contribution in [2.45, 2.75) is 43.8 Å². The van der Waals surface area contributed by atoms with Gasteiger partial charge in [-0.05, 0) is 42.4 Å². The molecule has 2 aliphatic rings. The Kier molecular flexibility index (Phi) is 6.53. The van der Waals surface area contributed by atoms with Crippen LogP contribution in [0.3, 0.4) is 0 Å². The van der Waals surface area contributed by atoms with Crippen molar-refractivity contribution in [1.29, 1.82) is 0 Å². The smallest absolute Gasteiger partial charge is 0.233 e. The zero-order valence-corrected chi connectivity index (χ0v) is 19.1. The molecule has 1 saturated carbocycles. The number of rotatable bonds is 6. The number of aromatic nitrogens is 4. The van der Waals surface area contributed by atoms with Crippen LogP contribution in [0.2, 0.25) is 0 Å². The summed E-state index contributed by atoms with van der Waals surface area (Å²) < 4.78 is 2.11. The molecule has 0 unspecified atom stereocenters. The lowest BCUT2D eigenvalue weighted by Gasteiger charge is -2.41. The number of likely N-dealkylation sites (tertiary alicyclic amines) is 1. The largest absolute Gasteiger partial charge is 0.342 e. The van der Waals surface area contributed by atoms with Gasteiger partial charge >= 0.3 is 0 Å². The van der Waals surface area contributed by atoms with Crippen molar-refractivity contribution in [2.75, 3.05) is 18.8 Å². The molecule has 7 heteroatoms. The van der Waals surface area contributed by atoms with Crippen LogP contribution >= 0.6 is 11.8 Å². The van der Waals surface area contributed by atoms with Crippen LogP contribution in [-0.4, -0.2) is 49.4 Å². The van der Waals surface area contributed by atoms with Gasteiger partial charge in [0, 0.05) is 31.0 Å². The van der Waals surface area contributed by atoms with Crippen molar-refractivity contribution < 1.29 is 4.79 Å². The van der Waals surface area contributed by atoms with E-state index in [1.54, 1.807) is 12.4 Å². The molecule has 5 rings (SSSR count). The third kappa shape index (κ3) is 4.72. The van der Waals surface area contributed by atoms with E-state index in [0.717, 1.165) is 42.0 Å². The lowest BCUT2D eigenvalue weighted by atomic mass is 9.75. The average Bonchev–Trinajstić information content (AvgIpc) is 3.25. The maximum absolute atomic E-state index is 13.0. The van der Waals surface area contributed by atoms with Crippen molar-refractivity contribution in [2.24, 2.45) is 11.8 Å². The van der Waals surface area contributed by atoms with Gasteiger partial charge in [-0.25, -0.2) is 0 Å². The number of amides is 1. The molecule has 0 bridgehead atoms. The second kappa shape index (κ2) is 9.86. The van der Waals surface area contributed by atoms with Gasteiger partial charge in [-0.1, -0.05) is 61.4 Å². The fourth-order valence-electron chi connectivity index (χ4n) is 5.06. The molecular formula is C25H29N5OS. The topological polar surface area (TPSA) is 63.9 Å². The van der Waals surface area contributed by atoms with E-state index in [4.69, 9.17) is 0 Å². The number of nitrogens with zero attached hydrogens (tertiary/aromatic N) is 5. The Morgan fingerprint density at radius 3 is 2.56 bits per heavy atom. The van der Waals surface area contributed by atoms with Crippen molar-refractivity contribution in [3.8, 4) is 11.4 Å². The van der Waals surface area contributed by atoms with Crippen LogP contribution in [0.25, 0.3) is 11.4 Å². The molecule has 2 atom stereocenters. The molecular weight excluding hydrogens is 418 g/mol. The molecule has 6 nitrogen and oxygen atoms in total. The monoisotopic (exact) mass is 447 g/mol. The third-order valence-electron chi connectivity index (χ3n) is 6.81. The van der Waals surface area contributed by atoms with E-state index in [0.29, 0.717) is 18.2 Å². The molecule has 3 heterocycles. The summed E-state index contributed by atoms with van der Waals surface area (Å²) in [5.41, 5.74) is 2.15. The highest BCUT2D eigenvalue weighted by atomic mass is 32.2. The maximum Gasteiger partial charge on any atom is 0.233 e. The summed E-state index contributed by atoms with van der Waals surface area (Å²) in [6.45, 7) is 2.50. The standard InChI is InChI=1S/C25H29N5OS/c31-23(29-15-12-20-8-4-5-9-22(20)17-29)18-32-25-28-27-24(21-10-13-26-14-11-21)30(25)16-19-6-2-1-3-7-19/h1-3,6-7,10-11,13-14,20,22H,4-5,8-9,12,15-18H2/t20-,22-/m0/s1. The third-order valence-corrected chi connectivity index (χ3v) is 7.76. The number of piperidine rings is 1. The lowest BCUT2D eigenvalue weighted by molar-refractivity contribution is -0.131. The fourth-order valence-corrected chi connectivity index (χ4v) is 5.90. The number of benzene rings is 1. The molecule has 2 fully saturated rings. The number of thioether (sulfide) groups is 1. The van der Waals surface area contributed by atoms with Crippen molar-refractivity contribution in [1.82, 2.24) is 24.6 Å². The Labute approximate surface area is 193 Å². The summed E-state index contributed by atoms with van der Waals surface area (Å²) in [5, 5.41) is 9.70. The first-order valence-corrected chi connectivity index (χ1v) is 12.5. The van der Waals surface area contributed by atoms with E-state index < -0.39 is 0 Å². The minimum absolute atomic E-state index is 0.221. The molecule has 166 valence electrons. The molecule has 0 radical (unpaired) electrons. The first-order chi connectivity index (χ1) is 15.8. The predicted molar refractivity (Wildman–Crippen MR) is 126 cm³/mol. The molecule has 0 N–H and O–H groups in total. The lowest BCUT2D eigenvalue weighted by Crippen LogP contribution is -2.45. The van der Waals surface area contributed by atoms with Gasteiger partial charge in [0.05, 0.1) is 12.3 Å². The molecule has 0 spiro atoms. The van der Waals surface area contributed by atoms with E-state index >= 15 is 0 Å². The molecule has 1 saturated heterocycles. The SMILES string of the molecule is O=C(CSc1nnc(-c2ccncc2)n1Cc1ccccc1)N1CC[C@@H]2CCCC[C@H]2C1. The van der Waals surface area contributed by atoms with Gasteiger partial charge in [0.15, 0.2) is 11.0 Å². The van der Waals surface area contributed by atoms with E-state index in [-0.39, 0.29) is 5.91 Å². The van der Waals surface area contributed by atoms with Gasteiger partial charge in [0.2, 0.25) is 5.91 Å². The number of hydrogen-bond donors (Lipinski definition) is 0. The normalized spacial score (nSPS) is 20.7. The predicted octanol–water partition coefficient (Wildman–Crippen LogP) is 4.52. The fraction of sp³-hybridized carbons (Fsp3) is 0.440. The highest BCUT2D eigenvalue weighted by Crippen LogP contribution is 2.36. The zero-order valence-electron chi connectivity index (χ0n) is 18.3. The zero-order chi connectivity index (χ0) is 21.8. The summed E-state index contributed by atoms with van der Waals surface area (Å²) in [5.74, 6) is 2.96. The second-order valence-corrected chi connectivity index (χ2v) is 9.78. The van der Waals surface area contributed by atoms with Gasteiger partial charge in [0.1, 0.15) is 0 Å². The average molecular weight is 448 g/mol. The molecule has 1 aromatic carbocycles. The minimum atomic E-state index is 0.221. The van der Waals surface area contributed by atoms with E-state index in [2.05, 4.69) is 36.8 Å². The molecule has 32 heavy (non-hydrogen) atoms. The Morgan fingerprint density at radius 1 is 0.969 bits per heavy atom. The van der Waals surface area contributed by atoms with Gasteiger partial charge in [0.25, 0.3) is 0 Å². The van der Waals surface area contributed by atoms with E-state index in [9.17, 15) is 4.79 Å². The van der Waals surface area contributed by atoms with Crippen molar-refractivity contribution >= 4 is 17.7 Å². The minimum Gasteiger partial charge on any atom is -0.342 e. The highest BCUT2D eigenvalue weighted by molar-refractivity contribution is 7.99. The first kappa shape index (κ1) is 21.2. The first-order valence-electron chi connectivity index (χ1n) is 11.6. The van der Waals surface area contributed by atoms with Crippen LogP contribution in [0.5, 0.6) is 0 Å². The summed E-state index contributed by atoms with van der Waals surface area (Å²) in [6.07, 6.45) is 10.0. The van der Waals surface area contributed by atoms with Gasteiger partial charge in [-0.15, -0.1) is 10.2 Å². The molecule has 3 aromatic rings. The van der Waals surface area contributed by atoms with Crippen LogP contribution < -0.4 is 0 Å². The van der Waals surface area contributed by atoms with Crippen molar-refractivity contribution in [3.63, 3.8) is 0 Å². The Hall–Kier alpha value is -2.67. The van der Waals surface area contributed by atoms with Gasteiger partial charge in [-0.3, -0.25) is 14.3 Å². The Bertz CT molecular complexity index is 1040. The summed E-state index contributed by atoms with van der Waals surface area (Å²) >= 11 is 1.50. The number of fused-ring (bicyclic) bond motifs is 1. The molecule has 1 aliphatic carbocycles. The van der Waals surface area contributed by atoms with Crippen molar-refractivity contribution in [3.05, 3.63) is 60.4 Å². The van der Waals surface area contributed by atoms with E-state index in [1.807, 2.05) is 30.3 Å². The molecule has 2 aromatic heterocycles. The highest BCUT2D eigenvalue weighted by Gasteiger charge is 2.33. The van der Waals surface area contributed by atoms with Gasteiger partial charge in [-0.2, -0.15) is 0 Å². The summed E-state index contributed by atoms with van der Waals surface area (Å²) in [7, 11) is 0.